The number of nitriles is 1. The molecule has 0 unspecified atom stereocenters. The number of piperazine rings is 1. The van der Waals surface area contributed by atoms with Crippen LogP contribution in [0.5, 0.6) is 5.75 Å². The zero-order valence-corrected chi connectivity index (χ0v) is 16.2. The van der Waals surface area contributed by atoms with Gasteiger partial charge in [0.25, 0.3) is 0 Å². The maximum absolute atomic E-state index is 12.0. The molecule has 1 aromatic carbocycles. The van der Waals surface area contributed by atoms with E-state index in [4.69, 9.17) is 9.15 Å². The molecule has 1 saturated heterocycles. The average molecular weight is 380 g/mol. The minimum atomic E-state index is 0.183. The van der Waals surface area contributed by atoms with E-state index >= 15 is 0 Å². The van der Waals surface area contributed by atoms with Gasteiger partial charge in [0.15, 0.2) is 0 Å². The van der Waals surface area contributed by atoms with Crippen molar-refractivity contribution in [3.63, 3.8) is 0 Å². The van der Waals surface area contributed by atoms with Gasteiger partial charge in [0.05, 0.1) is 7.11 Å². The summed E-state index contributed by atoms with van der Waals surface area (Å²) in [7, 11) is 1.62. The molecule has 0 bridgehead atoms. The molecule has 0 radical (unpaired) electrons. The van der Waals surface area contributed by atoms with Crippen molar-refractivity contribution in [1.29, 1.82) is 5.26 Å². The van der Waals surface area contributed by atoms with Crippen LogP contribution in [0.3, 0.4) is 0 Å². The van der Waals surface area contributed by atoms with Crippen molar-refractivity contribution >= 4 is 23.9 Å². The van der Waals surface area contributed by atoms with Crippen LogP contribution in [0.2, 0.25) is 0 Å². The molecule has 0 N–H and O–H groups in total. The van der Waals surface area contributed by atoms with Crippen LogP contribution in [0.25, 0.3) is 12.2 Å². The van der Waals surface area contributed by atoms with E-state index in [-0.39, 0.29) is 11.6 Å². The summed E-state index contributed by atoms with van der Waals surface area (Å²) in [6, 6.07) is 9.73. The number of anilines is 1. The normalized spacial score (nSPS) is 14.3. The zero-order valence-electron chi connectivity index (χ0n) is 16.2. The summed E-state index contributed by atoms with van der Waals surface area (Å²) < 4.78 is 11.1. The topological polar surface area (TPSA) is 82.6 Å². The van der Waals surface area contributed by atoms with Crippen molar-refractivity contribution in [2.24, 2.45) is 0 Å². The van der Waals surface area contributed by atoms with Gasteiger partial charge in [-0.3, -0.25) is 4.79 Å². The number of methoxy groups -OCH3 is 1. The van der Waals surface area contributed by atoms with Gasteiger partial charge in [-0.1, -0.05) is 19.1 Å². The Labute approximate surface area is 164 Å². The van der Waals surface area contributed by atoms with E-state index in [9.17, 15) is 10.1 Å². The number of hydrogen-bond donors (Lipinski definition) is 0. The molecular weight excluding hydrogens is 356 g/mol. The van der Waals surface area contributed by atoms with Gasteiger partial charge < -0.3 is 19.0 Å². The Kier molecular flexibility index (Phi) is 6.33. The van der Waals surface area contributed by atoms with Crippen molar-refractivity contribution in [3.8, 4) is 11.8 Å². The summed E-state index contributed by atoms with van der Waals surface area (Å²) in [6.45, 7) is 4.50. The predicted octanol–water partition coefficient (Wildman–Crippen LogP) is 3.17. The number of benzene rings is 1. The Bertz CT molecular complexity index is 889. The van der Waals surface area contributed by atoms with Crippen LogP contribution in [0.15, 0.2) is 28.7 Å². The van der Waals surface area contributed by atoms with Crippen molar-refractivity contribution in [2.75, 3.05) is 38.2 Å². The molecule has 2 heterocycles. The third-order valence-corrected chi connectivity index (χ3v) is 4.63. The van der Waals surface area contributed by atoms with Gasteiger partial charge in [0, 0.05) is 38.7 Å². The quantitative estimate of drug-likeness (QED) is 0.765. The Morgan fingerprint density at radius 2 is 2.11 bits per heavy atom. The summed E-state index contributed by atoms with van der Waals surface area (Å²) in [5.74, 6) is 1.79. The lowest BCUT2D eigenvalue weighted by Gasteiger charge is -2.34. The van der Waals surface area contributed by atoms with Crippen LogP contribution < -0.4 is 9.64 Å². The summed E-state index contributed by atoms with van der Waals surface area (Å²) >= 11 is 0. The van der Waals surface area contributed by atoms with E-state index < -0.39 is 0 Å². The van der Waals surface area contributed by atoms with Crippen molar-refractivity contribution in [3.05, 3.63) is 41.4 Å². The molecule has 1 aliphatic heterocycles. The van der Waals surface area contributed by atoms with Gasteiger partial charge in [-0.15, -0.1) is 0 Å². The molecule has 0 saturated carbocycles. The standard InChI is InChI=1S/C21H24N4O3/c1-3-5-20(26)24-10-12-25(13-11-24)21-18(15-22)23-19(28-21)9-8-16-6-4-7-17(14-16)27-2/h4,6-9,14H,3,5,10-13H2,1-2H3/b9-8+. The fraction of sp³-hybridized carbons (Fsp3) is 0.381. The Morgan fingerprint density at radius 3 is 2.79 bits per heavy atom. The second-order valence-electron chi connectivity index (χ2n) is 6.55. The molecule has 146 valence electrons. The highest BCUT2D eigenvalue weighted by molar-refractivity contribution is 5.76. The molecule has 2 aromatic rings. The molecule has 1 aliphatic rings. The van der Waals surface area contributed by atoms with Gasteiger partial charge in [-0.25, -0.2) is 0 Å². The third-order valence-electron chi connectivity index (χ3n) is 4.63. The molecule has 28 heavy (non-hydrogen) atoms. The van der Waals surface area contributed by atoms with Gasteiger partial charge in [-0.2, -0.15) is 10.2 Å². The summed E-state index contributed by atoms with van der Waals surface area (Å²) in [5.41, 5.74) is 1.21. The van der Waals surface area contributed by atoms with Crippen LogP contribution in [0.4, 0.5) is 5.88 Å². The monoisotopic (exact) mass is 380 g/mol. The van der Waals surface area contributed by atoms with E-state index in [1.165, 1.54) is 0 Å². The second kappa shape index (κ2) is 9.09. The van der Waals surface area contributed by atoms with E-state index in [1.807, 2.05) is 47.1 Å². The third kappa shape index (κ3) is 4.52. The molecule has 7 heteroatoms. The molecule has 0 aliphatic carbocycles. The molecule has 1 aromatic heterocycles. The van der Waals surface area contributed by atoms with E-state index in [2.05, 4.69) is 11.1 Å². The average Bonchev–Trinajstić information content (AvgIpc) is 3.16. The van der Waals surface area contributed by atoms with Gasteiger partial charge in [0.2, 0.25) is 23.4 Å². The lowest BCUT2D eigenvalue weighted by atomic mass is 10.2. The minimum absolute atomic E-state index is 0.183. The number of carbonyl (C=O) groups excluding carboxylic acids is 1. The first kappa shape index (κ1) is 19.5. The van der Waals surface area contributed by atoms with Crippen LogP contribution in [-0.4, -0.2) is 49.1 Å². The largest absolute Gasteiger partial charge is 0.497 e. The molecule has 3 rings (SSSR count). The lowest BCUT2D eigenvalue weighted by Crippen LogP contribution is -2.48. The number of aromatic nitrogens is 1. The molecule has 0 atom stereocenters. The Hall–Kier alpha value is -3.27. The first-order valence-corrected chi connectivity index (χ1v) is 9.40. The van der Waals surface area contributed by atoms with E-state index in [1.54, 1.807) is 13.2 Å². The minimum Gasteiger partial charge on any atom is -0.497 e. The number of rotatable bonds is 6. The number of amides is 1. The van der Waals surface area contributed by atoms with Crippen molar-refractivity contribution in [2.45, 2.75) is 19.8 Å². The Balaban J connectivity index is 1.70. The fourth-order valence-electron chi connectivity index (χ4n) is 3.13. The van der Waals surface area contributed by atoms with Crippen LogP contribution in [0, 0.1) is 11.3 Å². The van der Waals surface area contributed by atoms with Crippen molar-refractivity contribution < 1.29 is 13.9 Å². The smallest absolute Gasteiger partial charge is 0.235 e. The van der Waals surface area contributed by atoms with Gasteiger partial charge in [-0.05, 0) is 30.2 Å². The predicted molar refractivity (Wildman–Crippen MR) is 107 cm³/mol. The molecule has 1 fully saturated rings. The van der Waals surface area contributed by atoms with E-state index in [0.29, 0.717) is 44.4 Å². The van der Waals surface area contributed by atoms with Gasteiger partial charge >= 0.3 is 0 Å². The van der Waals surface area contributed by atoms with Crippen molar-refractivity contribution in [1.82, 2.24) is 9.88 Å². The summed E-state index contributed by atoms with van der Waals surface area (Å²) in [5, 5.41) is 9.42. The second-order valence-corrected chi connectivity index (χ2v) is 6.55. The van der Waals surface area contributed by atoms with E-state index in [0.717, 1.165) is 17.7 Å². The maximum atomic E-state index is 12.0. The maximum Gasteiger partial charge on any atom is 0.235 e. The SMILES string of the molecule is CCCC(=O)N1CCN(c2oc(/C=C/c3cccc(OC)c3)nc2C#N)CC1. The highest BCUT2D eigenvalue weighted by Gasteiger charge is 2.25. The number of nitrogens with zero attached hydrogens (tertiary/aromatic N) is 4. The molecule has 1 amide bonds. The highest BCUT2D eigenvalue weighted by atomic mass is 16.5. The first-order valence-electron chi connectivity index (χ1n) is 9.40. The molecular formula is C21H24N4O3. The summed E-state index contributed by atoms with van der Waals surface area (Å²) in [6.07, 6.45) is 5.02. The first-order chi connectivity index (χ1) is 13.6. The molecule has 7 nitrogen and oxygen atoms in total. The molecule has 0 spiro atoms. The van der Waals surface area contributed by atoms with Crippen LogP contribution in [0.1, 0.15) is 36.9 Å². The van der Waals surface area contributed by atoms with Crippen LogP contribution in [-0.2, 0) is 4.79 Å². The summed E-state index contributed by atoms with van der Waals surface area (Å²) in [4.78, 5) is 20.2. The number of hydrogen-bond acceptors (Lipinski definition) is 6. The van der Waals surface area contributed by atoms with Gasteiger partial charge in [0.1, 0.15) is 11.8 Å². The zero-order chi connectivity index (χ0) is 19.9. The van der Waals surface area contributed by atoms with Crippen LogP contribution >= 0.6 is 0 Å². The number of carbonyl (C=O) groups is 1. The Morgan fingerprint density at radius 1 is 1.32 bits per heavy atom. The lowest BCUT2D eigenvalue weighted by molar-refractivity contribution is -0.131. The number of ether oxygens (including phenoxy) is 1. The number of oxazole rings is 1. The fourth-order valence-corrected chi connectivity index (χ4v) is 3.13. The highest BCUT2D eigenvalue weighted by Crippen LogP contribution is 2.24.